The van der Waals surface area contributed by atoms with Crippen LogP contribution in [0.25, 0.3) is 12.2 Å². The molecule has 0 fully saturated rings. The van der Waals surface area contributed by atoms with E-state index in [1.807, 2.05) is 12.2 Å². The Morgan fingerprint density at radius 2 is 1.42 bits per heavy atom. The second-order valence-corrected chi connectivity index (χ2v) is 7.22. The molecule has 134 valence electrons. The van der Waals surface area contributed by atoms with Gasteiger partial charge in [0.25, 0.3) is 0 Å². The van der Waals surface area contributed by atoms with Crippen LogP contribution in [0.2, 0.25) is 0 Å². The number of benzene rings is 2. The number of halogens is 1. The van der Waals surface area contributed by atoms with E-state index in [0.717, 1.165) is 11.1 Å². The number of nitrogens with zero attached hydrogens (tertiary/aromatic N) is 1. The van der Waals surface area contributed by atoms with Gasteiger partial charge in [-0.15, -0.1) is 0 Å². The van der Waals surface area contributed by atoms with E-state index in [4.69, 9.17) is 5.73 Å². The first-order chi connectivity index (χ1) is 12.0. The molecule has 0 saturated carbocycles. The summed E-state index contributed by atoms with van der Waals surface area (Å²) in [7, 11) is -3.76. The van der Waals surface area contributed by atoms with Gasteiger partial charge >= 0.3 is 0 Å². The Kier molecular flexibility index (Phi) is 6.32. The summed E-state index contributed by atoms with van der Waals surface area (Å²) in [5.74, 6) is -0.291. The molecular weight excluding hydrogens is 395 g/mol. The summed E-state index contributed by atoms with van der Waals surface area (Å²) >= 11 is 0. The molecule has 0 saturated heterocycles. The minimum atomic E-state index is -3.76. The summed E-state index contributed by atoms with van der Waals surface area (Å²) in [6, 6.07) is 15.6. The molecular formula is C19H15FFeN2O2S. The van der Waals surface area contributed by atoms with E-state index in [-0.39, 0.29) is 38.5 Å². The average Bonchev–Trinajstić information content (AvgIpc) is 2.62. The Morgan fingerprint density at radius 1 is 0.885 bits per heavy atom. The number of hydrogen-bond donors (Lipinski definition) is 1. The Labute approximate surface area is 162 Å². The largest absolute Gasteiger partial charge is 0.396 e. The van der Waals surface area contributed by atoms with Crippen LogP contribution in [-0.4, -0.2) is 13.4 Å². The molecule has 2 aromatic carbocycles. The van der Waals surface area contributed by atoms with E-state index in [1.54, 1.807) is 30.3 Å². The van der Waals surface area contributed by atoms with Crippen molar-refractivity contribution >= 4 is 27.7 Å². The summed E-state index contributed by atoms with van der Waals surface area (Å²) in [4.78, 5) is 4.00. The van der Waals surface area contributed by atoms with E-state index in [1.165, 1.54) is 36.5 Å². The van der Waals surface area contributed by atoms with Crippen molar-refractivity contribution in [2.75, 3.05) is 5.73 Å². The van der Waals surface area contributed by atoms with Gasteiger partial charge in [-0.25, -0.2) is 17.8 Å². The van der Waals surface area contributed by atoms with Gasteiger partial charge in [-0.05, 0) is 47.5 Å². The number of pyridine rings is 1. The van der Waals surface area contributed by atoms with Crippen LogP contribution in [0.5, 0.6) is 0 Å². The number of sulfone groups is 1. The van der Waals surface area contributed by atoms with Crippen molar-refractivity contribution in [3.8, 4) is 0 Å². The van der Waals surface area contributed by atoms with Gasteiger partial charge in [-0.3, -0.25) is 0 Å². The fourth-order valence-electron chi connectivity index (χ4n) is 2.26. The zero-order valence-electron chi connectivity index (χ0n) is 13.5. The number of aromatic nitrogens is 1. The first-order valence-electron chi connectivity index (χ1n) is 7.46. The smallest absolute Gasteiger partial charge is 0.225 e. The first-order valence-corrected chi connectivity index (χ1v) is 8.94. The minimum Gasteiger partial charge on any atom is -0.396 e. The zero-order chi connectivity index (χ0) is 17.9. The number of nitrogen functional groups attached to an aromatic ring is 1. The van der Waals surface area contributed by atoms with Gasteiger partial charge in [-0.2, -0.15) is 0 Å². The third-order valence-electron chi connectivity index (χ3n) is 3.58. The minimum absolute atomic E-state index is 0. The molecule has 3 rings (SSSR count). The van der Waals surface area contributed by atoms with E-state index in [0.29, 0.717) is 0 Å². The maximum Gasteiger partial charge on any atom is 0.225 e. The van der Waals surface area contributed by atoms with Crippen molar-refractivity contribution in [1.29, 1.82) is 0 Å². The molecule has 7 heteroatoms. The Balaban J connectivity index is 0.00000243. The van der Waals surface area contributed by atoms with Crippen LogP contribution >= 0.6 is 0 Å². The molecule has 0 aliphatic heterocycles. The van der Waals surface area contributed by atoms with Crippen molar-refractivity contribution in [3.63, 3.8) is 0 Å². The van der Waals surface area contributed by atoms with Crippen LogP contribution in [0.4, 0.5) is 10.1 Å². The molecule has 0 atom stereocenters. The van der Waals surface area contributed by atoms with Crippen molar-refractivity contribution < 1.29 is 29.9 Å². The number of anilines is 1. The number of hydrogen-bond acceptors (Lipinski definition) is 4. The van der Waals surface area contributed by atoms with E-state index < -0.39 is 9.84 Å². The summed E-state index contributed by atoms with van der Waals surface area (Å²) < 4.78 is 38.0. The summed E-state index contributed by atoms with van der Waals surface area (Å²) in [5.41, 5.74) is 7.49. The van der Waals surface area contributed by atoms with Crippen molar-refractivity contribution in [3.05, 3.63) is 83.8 Å². The van der Waals surface area contributed by atoms with Crippen LogP contribution in [0.1, 0.15) is 11.1 Å². The summed E-state index contributed by atoms with van der Waals surface area (Å²) in [6.45, 7) is 0. The molecule has 0 radical (unpaired) electrons. The molecule has 1 aromatic heterocycles. The monoisotopic (exact) mass is 410 g/mol. The predicted molar refractivity (Wildman–Crippen MR) is 95.9 cm³/mol. The number of rotatable bonds is 4. The molecule has 0 aliphatic carbocycles. The second-order valence-electron chi connectivity index (χ2n) is 5.36. The molecule has 0 bridgehead atoms. The van der Waals surface area contributed by atoms with Gasteiger partial charge in [0.15, 0.2) is 5.03 Å². The van der Waals surface area contributed by atoms with Crippen LogP contribution < -0.4 is 5.73 Å². The zero-order valence-corrected chi connectivity index (χ0v) is 15.4. The van der Waals surface area contributed by atoms with Crippen LogP contribution in [0, 0.1) is 5.82 Å². The van der Waals surface area contributed by atoms with Crippen LogP contribution in [-0.2, 0) is 26.9 Å². The standard InChI is InChI=1S/C19H15FN2O2S.Fe/c20-16-9-5-14(6-10-16)3-4-15-7-11-17(12-8-15)25(23,24)19-18(21)2-1-13-22-19;/h1-13H,21H2;/b4-3+;. The Morgan fingerprint density at radius 3 is 1.96 bits per heavy atom. The molecule has 1 heterocycles. The average molecular weight is 410 g/mol. The van der Waals surface area contributed by atoms with Gasteiger partial charge in [0, 0.05) is 23.3 Å². The maximum absolute atomic E-state index is 12.9. The Hall–Kier alpha value is -2.47. The maximum atomic E-state index is 12.9. The van der Waals surface area contributed by atoms with E-state index in [2.05, 4.69) is 4.98 Å². The summed E-state index contributed by atoms with van der Waals surface area (Å²) in [6.07, 6.45) is 5.03. The molecule has 0 unspecified atom stereocenters. The fraction of sp³-hybridized carbons (Fsp3) is 0. The van der Waals surface area contributed by atoms with Crippen LogP contribution in [0.3, 0.4) is 0 Å². The van der Waals surface area contributed by atoms with E-state index in [9.17, 15) is 12.8 Å². The quantitative estimate of drug-likeness (QED) is 0.525. The van der Waals surface area contributed by atoms with Gasteiger partial charge in [0.2, 0.25) is 9.84 Å². The van der Waals surface area contributed by atoms with E-state index >= 15 is 0 Å². The van der Waals surface area contributed by atoms with Crippen molar-refractivity contribution in [1.82, 2.24) is 4.98 Å². The molecule has 0 spiro atoms. The molecule has 0 aliphatic rings. The third kappa shape index (κ3) is 4.38. The van der Waals surface area contributed by atoms with Gasteiger partial charge < -0.3 is 5.73 Å². The van der Waals surface area contributed by atoms with Crippen molar-refractivity contribution in [2.24, 2.45) is 0 Å². The summed E-state index contributed by atoms with van der Waals surface area (Å²) in [5, 5.41) is -0.149. The molecule has 26 heavy (non-hydrogen) atoms. The van der Waals surface area contributed by atoms with Gasteiger partial charge in [0.1, 0.15) is 5.82 Å². The topological polar surface area (TPSA) is 73.0 Å². The van der Waals surface area contributed by atoms with Crippen LogP contribution in [0.15, 0.2) is 76.8 Å². The number of nitrogens with two attached hydrogens (primary N) is 1. The fourth-order valence-corrected chi connectivity index (χ4v) is 3.56. The van der Waals surface area contributed by atoms with Gasteiger partial charge in [-0.1, -0.05) is 36.4 Å². The van der Waals surface area contributed by atoms with Gasteiger partial charge in [0.05, 0.1) is 10.6 Å². The third-order valence-corrected chi connectivity index (χ3v) is 5.33. The predicted octanol–water partition coefficient (Wildman–Crippen LogP) is 3.80. The molecule has 3 aromatic rings. The molecule has 0 amide bonds. The second kappa shape index (κ2) is 8.27. The normalized spacial score (nSPS) is 11.3. The Bertz CT molecular complexity index is 1020. The SMILES string of the molecule is Nc1cccnc1S(=O)(=O)c1ccc(/C=C/c2ccc(F)cc2)cc1.[Fe]. The molecule has 2 N–H and O–H groups in total. The molecule has 4 nitrogen and oxygen atoms in total. The van der Waals surface area contributed by atoms with Crippen molar-refractivity contribution in [2.45, 2.75) is 9.92 Å². The first kappa shape index (κ1) is 19.8.